The monoisotopic (exact) mass is 242 g/mol. The van der Waals surface area contributed by atoms with Crippen LogP contribution in [0.3, 0.4) is 0 Å². The molecular formula is C11H18N2O4. The number of amides is 2. The molecule has 1 fully saturated rings. The van der Waals surface area contributed by atoms with Crippen LogP contribution in [0.5, 0.6) is 0 Å². The number of hydrogen-bond donors (Lipinski definition) is 2. The molecule has 2 atom stereocenters. The van der Waals surface area contributed by atoms with Gasteiger partial charge in [0.1, 0.15) is 6.54 Å². The van der Waals surface area contributed by atoms with Crippen molar-refractivity contribution in [3.63, 3.8) is 0 Å². The topological polar surface area (TPSA) is 86.7 Å². The number of nitrogens with one attached hydrogen (secondary N) is 1. The second-order valence-corrected chi connectivity index (χ2v) is 4.50. The summed E-state index contributed by atoms with van der Waals surface area (Å²) in [6.07, 6.45) is 1.05. The van der Waals surface area contributed by atoms with Crippen molar-refractivity contribution in [2.45, 2.75) is 19.8 Å². The van der Waals surface area contributed by atoms with Gasteiger partial charge in [-0.25, -0.2) is 0 Å². The molecule has 1 saturated carbocycles. The fourth-order valence-corrected chi connectivity index (χ4v) is 1.59. The molecule has 6 heteroatoms. The maximum Gasteiger partial charge on any atom is 0.323 e. The van der Waals surface area contributed by atoms with Gasteiger partial charge in [0.05, 0.1) is 0 Å². The molecule has 6 nitrogen and oxygen atoms in total. The molecule has 0 aliphatic heterocycles. The van der Waals surface area contributed by atoms with Gasteiger partial charge in [0, 0.05) is 25.9 Å². The van der Waals surface area contributed by atoms with Crippen LogP contribution < -0.4 is 5.32 Å². The molecule has 2 N–H and O–H groups in total. The highest BCUT2D eigenvalue weighted by molar-refractivity contribution is 5.83. The zero-order chi connectivity index (χ0) is 13.0. The van der Waals surface area contributed by atoms with Crippen LogP contribution in [-0.2, 0) is 14.4 Å². The first-order valence-corrected chi connectivity index (χ1v) is 5.65. The lowest BCUT2D eigenvalue weighted by atomic mass is 10.3. The number of carboxylic acid groups (broad SMARTS) is 1. The summed E-state index contributed by atoms with van der Waals surface area (Å²) in [6, 6.07) is 0. The average Bonchev–Trinajstić information content (AvgIpc) is 2.94. The smallest absolute Gasteiger partial charge is 0.323 e. The van der Waals surface area contributed by atoms with Gasteiger partial charge < -0.3 is 15.3 Å². The first-order valence-electron chi connectivity index (χ1n) is 5.65. The highest BCUT2D eigenvalue weighted by atomic mass is 16.4. The summed E-state index contributed by atoms with van der Waals surface area (Å²) in [5.74, 6) is -0.790. The van der Waals surface area contributed by atoms with Gasteiger partial charge in [0.25, 0.3) is 0 Å². The number of nitrogens with zero attached hydrogens (tertiary/aromatic N) is 1. The van der Waals surface area contributed by atoms with Crippen molar-refractivity contribution < 1.29 is 19.5 Å². The predicted molar refractivity (Wildman–Crippen MR) is 60.2 cm³/mol. The third-order valence-corrected chi connectivity index (χ3v) is 2.88. The Hall–Kier alpha value is -1.59. The van der Waals surface area contributed by atoms with Crippen molar-refractivity contribution in [3.8, 4) is 0 Å². The Labute approximate surface area is 100.0 Å². The number of aliphatic carboxylic acids is 1. The second-order valence-electron chi connectivity index (χ2n) is 4.50. The quantitative estimate of drug-likeness (QED) is 0.669. The highest BCUT2D eigenvalue weighted by Crippen LogP contribution is 2.37. The van der Waals surface area contributed by atoms with E-state index in [2.05, 4.69) is 5.32 Å². The molecule has 1 aliphatic rings. The van der Waals surface area contributed by atoms with Gasteiger partial charge in [0.15, 0.2) is 0 Å². The largest absolute Gasteiger partial charge is 0.480 e. The number of likely N-dealkylation sites (N-methyl/N-ethyl adjacent to an activating group) is 1. The van der Waals surface area contributed by atoms with Crippen molar-refractivity contribution in [1.29, 1.82) is 0 Å². The molecular weight excluding hydrogens is 224 g/mol. The molecule has 0 aromatic carbocycles. The molecule has 0 saturated heterocycles. The summed E-state index contributed by atoms with van der Waals surface area (Å²) in [5, 5.41) is 11.2. The van der Waals surface area contributed by atoms with Crippen molar-refractivity contribution >= 4 is 17.8 Å². The maximum atomic E-state index is 11.4. The summed E-state index contributed by atoms with van der Waals surface area (Å²) in [5.41, 5.74) is 0. The number of hydrogen-bond acceptors (Lipinski definition) is 3. The van der Waals surface area contributed by atoms with Gasteiger partial charge in [-0.05, 0) is 12.3 Å². The summed E-state index contributed by atoms with van der Waals surface area (Å²) in [7, 11) is 1.43. The van der Waals surface area contributed by atoms with Crippen LogP contribution in [0.1, 0.15) is 19.8 Å². The predicted octanol–water partition coefficient (Wildman–Crippen LogP) is -0.308. The van der Waals surface area contributed by atoms with Crippen LogP contribution in [-0.4, -0.2) is 47.9 Å². The molecule has 0 spiro atoms. The number of rotatable bonds is 6. The summed E-state index contributed by atoms with van der Waals surface area (Å²) >= 11 is 0. The standard InChI is InChI=1S/C11H18N2O4/c1-7-5-8(7)11(17)12-4-3-9(14)13(2)6-10(15)16/h7-8H,3-6H2,1-2H3,(H,12,17)(H,15,16). The van der Waals surface area contributed by atoms with Crippen LogP contribution in [0.25, 0.3) is 0 Å². The van der Waals surface area contributed by atoms with Crippen LogP contribution in [0, 0.1) is 11.8 Å². The lowest BCUT2D eigenvalue weighted by Crippen LogP contribution is -2.35. The Balaban J connectivity index is 2.15. The fourth-order valence-electron chi connectivity index (χ4n) is 1.59. The van der Waals surface area contributed by atoms with Crippen molar-refractivity contribution in [2.24, 2.45) is 11.8 Å². The van der Waals surface area contributed by atoms with E-state index in [-0.39, 0.29) is 37.2 Å². The van der Waals surface area contributed by atoms with Crippen LogP contribution in [0.4, 0.5) is 0 Å². The van der Waals surface area contributed by atoms with E-state index in [1.807, 2.05) is 6.92 Å². The summed E-state index contributed by atoms with van der Waals surface area (Å²) < 4.78 is 0. The van der Waals surface area contributed by atoms with E-state index in [0.29, 0.717) is 5.92 Å². The zero-order valence-corrected chi connectivity index (χ0v) is 10.1. The van der Waals surface area contributed by atoms with Gasteiger partial charge in [0.2, 0.25) is 11.8 Å². The number of carbonyl (C=O) groups is 3. The highest BCUT2D eigenvalue weighted by Gasteiger charge is 2.38. The normalized spacial score (nSPS) is 21.8. The third-order valence-electron chi connectivity index (χ3n) is 2.88. The minimum Gasteiger partial charge on any atom is -0.480 e. The van der Waals surface area contributed by atoms with Crippen molar-refractivity contribution in [3.05, 3.63) is 0 Å². The minimum absolute atomic E-state index is 0.00816. The summed E-state index contributed by atoms with van der Waals surface area (Å²) in [4.78, 5) is 34.3. The van der Waals surface area contributed by atoms with Crippen LogP contribution >= 0.6 is 0 Å². The third kappa shape index (κ3) is 4.42. The first-order chi connectivity index (χ1) is 7.91. The average molecular weight is 242 g/mol. The SMILES string of the molecule is CC1CC1C(=O)NCCC(=O)N(C)CC(=O)O. The first kappa shape index (κ1) is 13.5. The second kappa shape index (κ2) is 5.65. The maximum absolute atomic E-state index is 11.4. The molecule has 1 rings (SSSR count). The van der Waals surface area contributed by atoms with E-state index in [4.69, 9.17) is 5.11 Å². The molecule has 96 valence electrons. The van der Waals surface area contributed by atoms with Crippen LogP contribution in [0.2, 0.25) is 0 Å². The Bertz CT molecular complexity index is 329. The Morgan fingerprint density at radius 2 is 2.00 bits per heavy atom. The van der Waals surface area contributed by atoms with Gasteiger partial charge >= 0.3 is 5.97 Å². The lowest BCUT2D eigenvalue weighted by molar-refractivity contribution is -0.143. The van der Waals surface area contributed by atoms with E-state index < -0.39 is 5.97 Å². The van der Waals surface area contributed by atoms with Gasteiger partial charge in [-0.2, -0.15) is 0 Å². The van der Waals surface area contributed by atoms with E-state index in [1.165, 1.54) is 7.05 Å². The molecule has 2 amide bonds. The molecule has 0 heterocycles. The van der Waals surface area contributed by atoms with Crippen LogP contribution in [0.15, 0.2) is 0 Å². The number of carbonyl (C=O) groups excluding carboxylic acids is 2. The molecule has 0 bridgehead atoms. The van der Waals surface area contributed by atoms with Gasteiger partial charge in [-0.1, -0.05) is 6.92 Å². The molecule has 2 unspecified atom stereocenters. The van der Waals surface area contributed by atoms with E-state index >= 15 is 0 Å². The van der Waals surface area contributed by atoms with Gasteiger partial charge in [-0.3, -0.25) is 14.4 Å². The van der Waals surface area contributed by atoms with Crippen molar-refractivity contribution in [2.75, 3.05) is 20.1 Å². The fraction of sp³-hybridized carbons (Fsp3) is 0.727. The lowest BCUT2D eigenvalue weighted by Gasteiger charge is -2.14. The Morgan fingerprint density at radius 1 is 1.41 bits per heavy atom. The Morgan fingerprint density at radius 3 is 2.47 bits per heavy atom. The molecule has 0 radical (unpaired) electrons. The van der Waals surface area contributed by atoms with E-state index in [9.17, 15) is 14.4 Å². The molecule has 1 aliphatic carbocycles. The molecule has 0 aromatic rings. The zero-order valence-electron chi connectivity index (χ0n) is 10.1. The minimum atomic E-state index is -1.04. The Kier molecular flexibility index (Phi) is 4.48. The molecule has 17 heavy (non-hydrogen) atoms. The van der Waals surface area contributed by atoms with E-state index in [0.717, 1.165) is 11.3 Å². The van der Waals surface area contributed by atoms with Gasteiger partial charge in [-0.15, -0.1) is 0 Å². The number of carboxylic acids is 1. The van der Waals surface area contributed by atoms with E-state index in [1.54, 1.807) is 0 Å². The summed E-state index contributed by atoms with van der Waals surface area (Å²) in [6.45, 7) is 1.97. The molecule has 0 aromatic heterocycles. The van der Waals surface area contributed by atoms with Crippen molar-refractivity contribution in [1.82, 2.24) is 10.2 Å².